The molecule has 0 aliphatic carbocycles. The number of halogens is 2. The summed E-state index contributed by atoms with van der Waals surface area (Å²) in [7, 11) is 3.45. The summed E-state index contributed by atoms with van der Waals surface area (Å²) in [5.74, 6) is -0.260. The summed E-state index contributed by atoms with van der Waals surface area (Å²) in [5.41, 5.74) is 2.49. The second-order valence-corrected chi connectivity index (χ2v) is 5.28. The van der Waals surface area contributed by atoms with Gasteiger partial charge in [0.15, 0.2) is 0 Å². The van der Waals surface area contributed by atoms with E-state index in [0.717, 1.165) is 16.8 Å². The van der Waals surface area contributed by atoms with Gasteiger partial charge in [0.2, 0.25) is 0 Å². The van der Waals surface area contributed by atoms with E-state index >= 15 is 0 Å². The van der Waals surface area contributed by atoms with Crippen LogP contribution in [-0.4, -0.2) is 30.5 Å². The maximum Gasteiger partial charge on any atom is 0.123 e. The number of hydrogen-bond donors (Lipinski definition) is 1. The van der Waals surface area contributed by atoms with Crippen molar-refractivity contribution < 1.29 is 9.13 Å². The second kappa shape index (κ2) is 7.02. The van der Waals surface area contributed by atoms with Crippen LogP contribution in [0.25, 0.3) is 0 Å². The number of benzene rings is 1. The van der Waals surface area contributed by atoms with Crippen LogP contribution in [0.3, 0.4) is 0 Å². The lowest BCUT2D eigenvalue weighted by Crippen LogP contribution is -2.23. The predicted molar refractivity (Wildman–Crippen MR) is 81.2 cm³/mol. The molecule has 0 fully saturated rings. The fourth-order valence-electron chi connectivity index (χ4n) is 2.41. The summed E-state index contributed by atoms with van der Waals surface area (Å²) >= 11 is 6.27. The molecule has 0 aliphatic heterocycles. The molecule has 4 nitrogen and oxygen atoms in total. The quantitative estimate of drug-likeness (QED) is 0.891. The van der Waals surface area contributed by atoms with E-state index in [0.29, 0.717) is 18.2 Å². The molecule has 114 valence electrons. The highest BCUT2D eigenvalue weighted by Gasteiger charge is 2.21. The van der Waals surface area contributed by atoms with Crippen LogP contribution in [0, 0.1) is 12.7 Å². The molecule has 0 aliphatic rings. The van der Waals surface area contributed by atoms with Gasteiger partial charge in [-0.1, -0.05) is 17.7 Å². The number of nitrogens with zero attached hydrogens (tertiary/aromatic N) is 2. The van der Waals surface area contributed by atoms with Gasteiger partial charge in [-0.15, -0.1) is 0 Å². The first-order valence-corrected chi connectivity index (χ1v) is 7.09. The van der Waals surface area contributed by atoms with Crippen LogP contribution < -0.4 is 5.32 Å². The van der Waals surface area contributed by atoms with Gasteiger partial charge < -0.3 is 10.1 Å². The molecule has 1 unspecified atom stereocenters. The summed E-state index contributed by atoms with van der Waals surface area (Å²) in [6.07, 6.45) is 1.60. The molecule has 0 radical (unpaired) electrons. The predicted octanol–water partition coefficient (Wildman–Crippen LogP) is 2.94. The molecule has 0 spiro atoms. The van der Waals surface area contributed by atoms with E-state index in [9.17, 15) is 4.39 Å². The third kappa shape index (κ3) is 3.61. The average Bonchev–Trinajstić information content (AvgIpc) is 2.78. The molecule has 0 bridgehead atoms. The Morgan fingerprint density at radius 1 is 1.43 bits per heavy atom. The monoisotopic (exact) mass is 311 g/mol. The SMILES string of the molecule is CNC(c1cc(C)cc(F)c1)c1c(Cl)cnn1CCOC. The Morgan fingerprint density at radius 3 is 2.81 bits per heavy atom. The standard InChI is InChI=1S/C15H19ClFN3O/c1-10-6-11(8-12(17)7-10)14(18-2)15-13(16)9-19-20(15)4-5-21-3/h6-9,14,18H,4-5H2,1-3H3. The summed E-state index contributed by atoms with van der Waals surface area (Å²) in [6.45, 7) is 2.98. The molecule has 0 saturated heterocycles. The van der Waals surface area contributed by atoms with Crippen molar-refractivity contribution in [2.24, 2.45) is 0 Å². The van der Waals surface area contributed by atoms with Gasteiger partial charge in [0, 0.05) is 7.11 Å². The van der Waals surface area contributed by atoms with Gasteiger partial charge in [-0.2, -0.15) is 5.10 Å². The van der Waals surface area contributed by atoms with Crippen molar-refractivity contribution in [2.75, 3.05) is 20.8 Å². The topological polar surface area (TPSA) is 39.1 Å². The van der Waals surface area contributed by atoms with Crippen LogP contribution in [0.4, 0.5) is 4.39 Å². The lowest BCUT2D eigenvalue weighted by atomic mass is 10.0. The average molecular weight is 312 g/mol. The van der Waals surface area contributed by atoms with E-state index in [-0.39, 0.29) is 11.9 Å². The Balaban J connectivity index is 2.43. The maximum atomic E-state index is 13.7. The maximum absolute atomic E-state index is 13.7. The summed E-state index contributed by atoms with van der Waals surface area (Å²) < 4.78 is 20.5. The second-order valence-electron chi connectivity index (χ2n) is 4.88. The zero-order valence-corrected chi connectivity index (χ0v) is 13.1. The zero-order chi connectivity index (χ0) is 15.4. The molecule has 21 heavy (non-hydrogen) atoms. The molecular formula is C15H19ClFN3O. The molecule has 1 aromatic heterocycles. The molecule has 1 aromatic carbocycles. The number of aryl methyl sites for hydroxylation is 1. The van der Waals surface area contributed by atoms with Crippen molar-refractivity contribution in [3.05, 3.63) is 52.1 Å². The summed E-state index contributed by atoms with van der Waals surface area (Å²) in [5, 5.41) is 7.99. The van der Waals surface area contributed by atoms with Gasteiger partial charge in [0.05, 0.1) is 36.1 Å². The van der Waals surface area contributed by atoms with Gasteiger partial charge in [-0.25, -0.2) is 4.39 Å². The Kier molecular flexibility index (Phi) is 5.33. The van der Waals surface area contributed by atoms with Crippen molar-refractivity contribution in [1.29, 1.82) is 0 Å². The number of ether oxygens (including phenoxy) is 1. The lowest BCUT2D eigenvalue weighted by Gasteiger charge is -2.20. The van der Waals surface area contributed by atoms with Crippen LogP contribution in [0.15, 0.2) is 24.4 Å². The first-order valence-electron chi connectivity index (χ1n) is 6.71. The number of methoxy groups -OCH3 is 1. The first kappa shape index (κ1) is 15.9. The highest BCUT2D eigenvalue weighted by molar-refractivity contribution is 6.31. The highest BCUT2D eigenvalue weighted by Crippen LogP contribution is 2.29. The number of nitrogens with one attached hydrogen (secondary N) is 1. The summed E-state index contributed by atoms with van der Waals surface area (Å²) in [4.78, 5) is 0. The van der Waals surface area contributed by atoms with Crippen molar-refractivity contribution >= 4 is 11.6 Å². The van der Waals surface area contributed by atoms with Crippen molar-refractivity contribution in [2.45, 2.75) is 19.5 Å². The minimum absolute atomic E-state index is 0.230. The Morgan fingerprint density at radius 2 is 2.19 bits per heavy atom. The molecular weight excluding hydrogens is 293 g/mol. The van der Waals surface area contributed by atoms with Crippen molar-refractivity contribution in [3.8, 4) is 0 Å². The highest BCUT2D eigenvalue weighted by atomic mass is 35.5. The fourth-order valence-corrected chi connectivity index (χ4v) is 2.66. The third-order valence-corrected chi connectivity index (χ3v) is 3.59. The molecule has 1 heterocycles. The smallest absolute Gasteiger partial charge is 0.123 e. The molecule has 2 rings (SSSR count). The van der Waals surface area contributed by atoms with Crippen LogP contribution >= 0.6 is 11.6 Å². The normalized spacial score (nSPS) is 12.6. The minimum Gasteiger partial charge on any atom is -0.383 e. The lowest BCUT2D eigenvalue weighted by molar-refractivity contribution is 0.182. The molecule has 0 amide bonds. The van der Waals surface area contributed by atoms with Crippen LogP contribution in [-0.2, 0) is 11.3 Å². The Hall–Kier alpha value is -1.43. The van der Waals surface area contributed by atoms with E-state index < -0.39 is 0 Å². The molecule has 2 aromatic rings. The number of rotatable bonds is 6. The molecule has 0 saturated carbocycles. The van der Waals surface area contributed by atoms with E-state index in [4.69, 9.17) is 16.3 Å². The van der Waals surface area contributed by atoms with Crippen LogP contribution in [0.5, 0.6) is 0 Å². The van der Waals surface area contributed by atoms with Gasteiger partial charge in [0.1, 0.15) is 5.82 Å². The van der Waals surface area contributed by atoms with Gasteiger partial charge >= 0.3 is 0 Å². The zero-order valence-electron chi connectivity index (χ0n) is 12.4. The third-order valence-electron chi connectivity index (χ3n) is 3.30. The number of aromatic nitrogens is 2. The molecule has 1 atom stereocenters. The Bertz CT molecular complexity index is 595. The van der Waals surface area contributed by atoms with Crippen molar-refractivity contribution in [3.63, 3.8) is 0 Å². The van der Waals surface area contributed by atoms with Gasteiger partial charge in [0.25, 0.3) is 0 Å². The van der Waals surface area contributed by atoms with E-state index in [1.165, 1.54) is 12.1 Å². The Labute approximate surface area is 128 Å². The molecule has 6 heteroatoms. The fraction of sp³-hybridized carbons (Fsp3) is 0.400. The van der Waals surface area contributed by atoms with Crippen LogP contribution in [0.2, 0.25) is 5.02 Å². The van der Waals surface area contributed by atoms with E-state index in [1.54, 1.807) is 18.0 Å². The molecule has 1 N–H and O–H groups in total. The largest absolute Gasteiger partial charge is 0.383 e. The van der Waals surface area contributed by atoms with E-state index in [2.05, 4.69) is 10.4 Å². The summed E-state index contributed by atoms with van der Waals surface area (Å²) in [6, 6.07) is 4.72. The van der Waals surface area contributed by atoms with Crippen molar-refractivity contribution in [1.82, 2.24) is 15.1 Å². The van der Waals surface area contributed by atoms with Gasteiger partial charge in [-0.3, -0.25) is 4.68 Å². The first-order chi connectivity index (χ1) is 10.1. The van der Waals surface area contributed by atoms with E-state index in [1.807, 2.05) is 20.0 Å². The minimum atomic E-state index is -0.260. The number of hydrogen-bond acceptors (Lipinski definition) is 3. The van der Waals surface area contributed by atoms with Crippen LogP contribution in [0.1, 0.15) is 22.9 Å². The van der Waals surface area contributed by atoms with Gasteiger partial charge in [-0.05, 0) is 37.2 Å².